The van der Waals surface area contributed by atoms with Gasteiger partial charge in [0.15, 0.2) is 0 Å². The van der Waals surface area contributed by atoms with E-state index in [1.54, 1.807) is 23.5 Å². The molecule has 5 heteroatoms. The Bertz CT molecular complexity index is 556. The minimum atomic E-state index is -0.215. The van der Waals surface area contributed by atoms with Crippen molar-refractivity contribution in [3.8, 4) is 0 Å². The second kappa shape index (κ2) is 6.97. The van der Waals surface area contributed by atoms with E-state index >= 15 is 0 Å². The molecule has 0 saturated carbocycles. The van der Waals surface area contributed by atoms with E-state index in [4.69, 9.17) is 0 Å². The molecule has 0 amide bonds. The maximum atomic E-state index is 13.6. The number of hydrogen-bond acceptors (Lipinski definition) is 2. The van der Waals surface area contributed by atoms with Crippen LogP contribution < -0.4 is 5.32 Å². The van der Waals surface area contributed by atoms with Crippen molar-refractivity contribution in [3.63, 3.8) is 0 Å². The van der Waals surface area contributed by atoms with Gasteiger partial charge in [-0.3, -0.25) is 0 Å². The summed E-state index contributed by atoms with van der Waals surface area (Å²) >= 11 is 8.38. The predicted molar refractivity (Wildman–Crippen MR) is 86.2 cm³/mol. The lowest BCUT2D eigenvalue weighted by Gasteiger charge is -2.18. The average molecular weight is 407 g/mol. The van der Waals surface area contributed by atoms with Crippen molar-refractivity contribution >= 4 is 43.2 Å². The van der Waals surface area contributed by atoms with Crippen LogP contribution in [0.3, 0.4) is 0 Å². The number of halogens is 3. The fourth-order valence-electron chi connectivity index (χ4n) is 1.95. The predicted octanol–water partition coefficient (Wildman–Crippen LogP) is 5.31. The van der Waals surface area contributed by atoms with E-state index in [0.717, 1.165) is 22.3 Å². The highest BCUT2D eigenvalue weighted by molar-refractivity contribution is 9.11. The number of hydrogen-bond donors (Lipinski definition) is 1. The fourth-order valence-corrected chi connectivity index (χ4v) is 3.72. The summed E-state index contributed by atoms with van der Waals surface area (Å²) in [6, 6.07) is 9.61. The highest BCUT2D eigenvalue weighted by atomic mass is 79.9. The van der Waals surface area contributed by atoms with Gasteiger partial charge >= 0.3 is 0 Å². The molecule has 1 aromatic carbocycles. The quantitative estimate of drug-likeness (QED) is 0.709. The van der Waals surface area contributed by atoms with E-state index in [1.807, 2.05) is 12.1 Å². The van der Waals surface area contributed by atoms with Crippen molar-refractivity contribution in [2.75, 3.05) is 6.54 Å². The van der Waals surface area contributed by atoms with Crippen molar-refractivity contribution in [2.24, 2.45) is 0 Å². The summed E-state index contributed by atoms with van der Waals surface area (Å²) in [5.74, 6) is -0.215. The minimum absolute atomic E-state index is 0.137. The van der Waals surface area contributed by atoms with Crippen molar-refractivity contribution in [3.05, 3.63) is 54.8 Å². The van der Waals surface area contributed by atoms with E-state index in [9.17, 15) is 4.39 Å². The molecule has 0 bridgehead atoms. The van der Waals surface area contributed by atoms with Crippen molar-refractivity contribution < 1.29 is 4.39 Å². The van der Waals surface area contributed by atoms with Crippen molar-refractivity contribution in [1.29, 1.82) is 0 Å². The molecule has 1 unspecified atom stereocenters. The zero-order chi connectivity index (χ0) is 13.8. The molecule has 0 spiro atoms. The van der Waals surface area contributed by atoms with Crippen LogP contribution in [0.15, 0.2) is 38.6 Å². The Hall–Kier alpha value is -0.230. The highest BCUT2D eigenvalue weighted by Gasteiger charge is 2.14. The number of thiophene rings is 1. The molecule has 0 aliphatic heterocycles. The summed E-state index contributed by atoms with van der Waals surface area (Å²) in [6.45, 7) is 2.92. The number of benzene rings is 1. The van der Waals surface area contributed by atoms with Gasteiger partial charge in [-0.05, 0) is 68.2 Å². The van der Waals surface area contributed by atoms with E-state index in [1.165, 1.54) is 4.88 Å². The molecular formula is C14H14Br2FNS. The maximum absolute atomic E-state index is 13.6. The molecule has 1 atom stereocenters. The standard InChI is InChI=1S/C14H14Br2FNS/c1-2-18-13(8-10-4-6-14(16)19-10)9-3-5-11(15)12(17)7-9/h3-7,13,18H,2,8H2,1H3. The molecule has 1 nitrogen and oxygen atoms in total. The normalized spacial score (nSPS) is 12.6. The van der Waals surface area contributed by atoms with Crippen LogP contribution in [-0.4, -0.2) is 6.54 Å². The number of rotatable bonds is 5. The number of nitrogens with one attached hydrogen (secondary N) is 1. The van der Waals surface area contributed by atoms with Gasteiger partial charge in [-0.2, -0.15) is 0 Å². The van der Waals surface area contributed by atoms with Gasteiger partial charge in [0.25, 0.3) is 0 Å². The Labute approximate surface area is 133 Å². The Kier molecular flexibility index (Phi) is 5.57. The lowest BCUT2D eigenvalue weighted by molar-refractivity contribution is 0.545. The monoisotopic (exact) mass is 405 g/mol. The maximum Gasteiger partial charge on any atom is 0.137 e. The van der Waals surface area contributed by atoms with Crippen LogP contribution in [0.5, 0.6) is 0 Å². The summed E-state index contributed by atoms with van der Waals surface area (Å²) < 4.78 is 15.3. The zero-order valence-corrected chi connectivity index (χ0v) is 14.4. The van der Waals surface area contributed by atoms with Crippen molar-refractivity contribution in [2.45, 2.75) is 19.4 Å². The van der Waals surface area contributed by atoms with Gasteiger partial charge in [-0.25, -0.2) is 4.39 Å². The highest BCUT2D eigenvalue weighted by Crippen LogP contribution is 2.28. The third-order valence-corrected chi connectivity index (χ3v) is 5.12. The fraction of sp³-hybridized carbons (Fsp3) is 0.286. The Morgan fingerprint density at radius 1 is 1.26 bits per heavy atom. The molecule has 0 radical (unpaired) electrons. The zero-order valence-electron chi connectivity index (χ0n) is 10.4. The molecule has 1 heterocycles. The van der Waals surface area contributed by atoms with Gasteiger partial charge in [-0.15, -0.1) is 11.3 Å². The summed E-state index contributed by atoms with van der Waals surface area (Å²) in [4.78, 5) is 1.28. The van der Waals surface area contributed by atoms with E-state index in [-0.39, 0.29) is 11.9 Å². The molecule has 2 rings (SSSR count). The summed E-state index contributed by atoms with van der Waals surface area (Å²) in [7, 11) is 0. The molecule has 1 N–H and O–H groups in total. The Morgan fingerprint density at radius 3 is 2.63 bits per heavy atom. The molecule has 1 aromatic heterocycles. The van der Waals surface area contributed by atoms with Gasteiger partial charge in [0, 0.05) is 17.3 Å². The first-order valence-corrected chi connectivity index (χ1v) is 8.43. The van der Waals surface area contributed by atoms with Crippen LogP contribution in [0.25, 0.3) is 0 Å². The third-order valence-electron chi connectivity index (χ3n) is 2.83. The van der Waals surface area contributed by atoms with E-state index in [0.29, 0.717) is 4.47 Å². The second-order valence-electron chi connectivity index (χ2n) is 4.19. The van der Waals surface area contributed by atoms with Gasteiger partial charge in [0.2, 0.25) is 0 Å². The molecule has 19 heavy (non-hydrogen) atoms. The smallest absolute Gasteiger partial charge is 0.137 e. The van der Waals surface area contributed by atoms with Crippen LogP contribution in [0.2, 0.25) is 0 Å². The van der Waals surface area contributed by atoms with E-state index in [2.05, 4.69) is 50.2 Å². The second-order valence-corrected chi connectivity index (χ2v) is 7.60. The molecule has 2 aromatic rings. The van der Waals surface area contributed by atoms with Gasteiger partial charge in [0.05, 0.1) is 8.26 Å². The molecule has 0 aliphatic rings. The van der Waals surface area contributed by atoms with Gasteiger partial charge in [-0.1, -0.05) is 13.0 Å². The summed E-state index contributed by atoms with van der Waals surface area (Å²) in [5.41, 5.74) is 0.979. The van der Waals surface area contributed by atoms with Crippen LogP contribution in [0, 0.1) is 5.82 Å². The third kappa shape index (κ3) is 4.12. The molecule has 0 fully saturated rings. The average Bonchev–Trinajstić information content (AvgIpc) is 2.78. The van der Waals surface area contributed by atoms with Gasteiger partial charge < -0.3 is 5.32 Å². The van der Waals surface area contributed by atoms with Crippen LogP contribution in [0.1, 0.15) is 23.4 Å². The summed E-state index contributed by atoms with van der Waals surface area (Å²) in [6.07, 6.45) is 0.866. The largest absolute Gasteiger partial charge is 0.310 e. The van der Waals surface area contributed by atoms with Gasteiger partial charge in [0.1, 0.15) is 5.82 Å². The van der Waals surface area contributed by atoms with Crippen LogP contribution >= 0.6 is 43.2 Å². The Balaban J connectivity index is 2.21. The van der Waals surface area contributed by atoms with E-state index < -0.39 is 0 Å². The summed E-state index contributed by atoms with van der Waals surface area (Å²) in [5, 5.41) is 3.41. The lowest BCUT2D eigenvalue weighted by atomic mass is 10.0. The molecule has 102 valence electrons. The number of likely N-dealkylation sites (N-methyl/N-ethyl adjacent to an activating group) is 1. The topological polar surface area (TPSA) is 12.0 Å². The first-order chi connectivity index (χ1) is 9.10. The molecule has 0 saturated heterocycles. The van der Waals surface area contributed by atoms with Crippen LogP contribution in [0.4, 0.5) is 4.39 Å². The minimum Gasteiger partial charge on any atom is -0.310 e. The van der Waals surface area contributed by atoms with Crippen molar-refractivity contribution in [1.82, 2.24) is 5.32 Å². The lowest BCUT2D eigenvalue weighted by Crippen LogP contribution is -2.22. The first kappa shape index (κ1) is 15.2. The molecule has 0 aliphatic carbocycles. The Morgan fingerprint density at radius 2 is 2.05 bits per heavy atom. The SMILES string of the molecule is CCNC(Cc1ccc(Br)s1)c1ccc(Br)c(F)c1. The molecular weight excluding hydrogens is 393 g/mol. The first-order valence-electron chi connectivity index (χ1n) is 6.02. The van der Waals surface area contributed by atoms with Crippen LogP contribution in [-0.2, 0) is 6.42 Å².